The maximum atomic E-state index is 12.6. The molecule has 1 aliphatic rings. The number of nitrogens with one attached hydrogen (secondary N) is 1. The molecule has 1 fully saturated rings. The molecule has 2 aromatic rings. The van der Waals surface area contributed by atoms with Crippen molar-refractivity contribution in [2.75, 3.05) is 13.1 Å². The van der Waals surface area contributed by atoms with Gasteiger partial charge in [0.2, 0.25) is 0 Å². The Morgan fingerprint density at radius 2 is 2.29 bits per heavy atom. The Kier molecular flexibility index (Phi) is 3.91. The number of aliphatic hydroxyl groups excluding tert-OH is 1. The second-order valence-electron chi connectivity index (χ2n) is 5.81. The van der Waals surface area contributed by atoms with E-state index < -0.39 is 0 Å². The number of likely N-dealkylation sites (tertiary alicyclic amines) is 1. The second kappa shape index (κ2) is 5.70. The molecule has 2 N–H and O–H groups in total. The topological polar surface area (TPSA) is 56.3 Å². The number of carbonyl (C=O) groups excluding carboxylic acids is 1. The van der Waals surface area contributed by atoms with E-state index in [1.54, 1.807) is 13.0 Å². The van der Waals surface area contributed by atoms with E-state index in [4.69, 9.17) is 11.6 Å². The van der Waals surface area contributed by atoms with E-state index in [-0.39, 0.29) is 17.9 Å². The largest absolute Gasteiger partial charge is 0.393 e. The van der Waals surface area contributed by atoms with Crippen molar-refractivity contribution in [3.05, 3.63) is 35.0 Å². The normalized spacial score (nSPS) is 20.7. The van der Waals surface area contributed by atoms with E-state index >= 15 is 0 Å². The molecule has 112 valence electrons. The molecule has 1 aromatic heterocycles. The Morgan fingerprint density at radius 3 is 3.05 bits per heavy atom. The molecule has 4 nitrogen and oxygen atoms in total. The quantitative estimate of drug-likeness (QED) is 0.896. The van der Waals surface area contributed by atoms with Crippen LogP contribution in [0.3, 0.4) is 0 Å². The van der Waals surface area contributed by atoms with E-state index in [0.717, 1.165) is 30.3 Å². The predicted molar refractivity (Wildman–Crippen MR) is 83.6 cm³/mol. The number of aromatic nitrogens is 1. The molecule has 0 radical (unpaired) electrons. The van der Waals surface area contributed by atoms with Crippen LogP contribution in [0.25, 0.3) is 10.9 Å². The fraction of sp³-hybridized carbons (Fsp3) is 0.438. The molecule has 1 saturated heterocycles. The first-order valence-electron chi connectivity index (χ1n) is 7.30. The van der Waals surface area contributed by atoms with Gasteiger partial charge in [-0.05, 0) is 44.0 Å². The van der Waals surface area contributed by atoms with E-state index in [1.807, 2.05) is 23.1 Å². The number of piperidine rings is 1. The third-order valence-electron chi connectivity index (χ3n) is 4.24. The maximum absolute atomic E-state index is 12.6. The molecule has 0 aliphatic carbocycles. The van der Waals surface area contributed by atoms with Gasteiger partial charge < -0.3 is 15.0 Å². The van der Waals surface area contributed by atoms with Crippen molar-refractivity contribution < 1.29 is 9.90 Å². The lowest BCUT2D eigenvalue weighted by atomic mass is 9.93. The number of hydrogen-bond acceptors (Lipinski definition) is 2. The Labute approximate surface area is 128 Å². The number of halogens is 1. The molecule has 1 aliphatic heterocycles. The standard InChI is InChI=1S/C16H19ClN2O2/c1-10(20)11-3-2-6-19(9-11)16(21)15-8-12-7-13(17)4-5-14(12)18-15/h4-5,7-8,10-11,18,20H,2-3,6,9H2,1H3. The molecule has 0 saturated carbocycles. The van der Waals surface area contributed by atoms with E-state index in [9.17, 15) is 9.90 Å². The number of nitrogens with zero attached hydrogens (tertiary/aromatic N) is 1. The molecule has 2 atom stereocenters. The van der Waals surface area contributed by atoms with Gasteiger partial charge in [0.25, 0.3) is 5.91 Å². The molecule has 2 unspecified atom stereocenters. The summed E-state index contributed by atoms with van der Waals surface area (Å²) < 4.78 is 0. The van der Waals surface area contributed by atoms with Crippen LogP contribution in [-0.2, 0) is 0 Å². The zero-order chi connectivity index (χ0) is 15.0. The van der Waals surface area contributed by atoms with Crippen molar-refractivity contribution in [3.63, 3.8) is 0 Å². The number of rotatable bonds is 2. The fourth-order valence-electron chi connectivity index (χ4n) is 2.98. The van der Waals surface area contributed by atoms with Crippen molar-refractivity contribution in [2.24, 2.45) is 5.92 Å². The van der Waals surface area contributed by atoms with Gasteiger partial charge in [0.1, 0.15) is 5.69 Å². The molecular formula is C16H19ClN2O2. The Hall–Kier alpha value is -1.52. The summed E-state index contributed by atoms with van der Waals surface area (Å²) in [4.78, 5) is 17.6. The highest BCUT2D eigenvalue weighted by atomic mass is 35.5. The number of H-pyrrole nitrogens is 1. The van der Waals surface area contributed by atoms with Gasteiger partial charge in [-0.15, -0.1) is 0 Å². The molecule has 1 aromatic carbocycles. The average molecular weight is 307 g/mol. The molecule has 5 heteroatoms. The van der Waals surface area contributed by atoms with Gasteiger partial charge in [0, 0.05) is 34.9 Å². The summed E-state index contributed by atoms with van der Waals surface area (Å²) in [5.74, 6) is 0.161. The number of amides is 1. The number of carbonyl (C=O) groups is 1. The van der Waals surface area contributed by atoms with E-state index in [1.165, 1.54) is 0 Å². The van der Waals surface area contributed by atoms with Crippen LogP contribution in [0.5, 0.6) is 0 Å². The fourth-order valence-corrected chi connectivity index (χ4v) is 3.16. The number of benzene rings is 1. The summed E-state index contributed by atoms with van der Waals surface area (Å²) >= 11 is 5.97. The summed E-state index contributed by atoms with van der Waals surface area (Å²) in [5, 5.41) is 11.3. The smallest absolute Gasteiger partial charge is 0.270 e. The first-order chi connectivity index (χ1) is 10.0. The van der Waals surface area contributed by atoms with Crippen LogP contribution in [0.2, 0.25) is 5.02 Å². The second-order valence-corrected chi connectivity index (χ2v) is 6.25. The molecule has 3 rings (SSSR count). The van der Waals surface area contributed by atoms with E-state index in [2.05, 4.69) is 4.98 Å². The van der Waals surface area contributed by atoms with Gasteiger partial charge >= 0.3 is 0 Å². The van der Waals surface area contributed by atoms with Gasteiger partial charge in [-0.1, -0.05) is 11.6 Å². The van der Waals surface area contributed by atoms with Crippen molar-refractivity contribution in [3.8, 4) is 0 Å². The maximum Gasteiger partial charge on any atom is 0.270 e. The summed E-state index contributed by atoms with van der Waals surface area (Å²) in [6, 6.07) is 7.37. The minimum Gasteiger partial charge on any atom is -0.393 e. The van der Waals surface area contributed by atoms with E-state index in [0.29, 0.717) is 17.3 Å². The van der Waals surface area contributed by atoms with Crippen LogP contribution in [-0.4, -0.2) is 40.1 Å². The Balaban J connectivity index is 1.82. The number of aromatic amines is 1. The van der Waals surface area contributed by atoms with Crippen LogP contribution in [0, 0.1) is 5.92 Å². The molecule has 21 heavy (non-hydrogen) atoms. The zero-order valence-electron chi connectivity index (χ0n) is 12.0. The monoisotopic (exact) mass is 306 g/mol. The van der Waals surface area contributed by atoms with Crippen LogP contribution in [0.4, 0.5) is 0 Å². The first kappa shape index (κ1) is 14.4. The molecular weight excluding hydrogens is 288 g/mol. The summed E-state index contributed by atoms with van der Waals surface area (Å²) in [6.45, 7) is 3.16. The SMILES string of the molecule is CC(O)C1CCCN(C(=O)c2cc3cc(Cl)ccc3[nH]2)C1. The average Bonchev–Trinajstić information content (AvgIpc) is 2.89. The highest BCUT2D eigenvalue weighted by Crippen LogP contribution is 2.24. The lowest BCUT2D eigenvalue weighted by Gasteiger charge is -2.33. The third-order valence-corrected chi connectivity index (χ3v) is 4.48. The van der Waals surface area contributed by atoms with Gasteiger partial charge in [0.15, 0.2) is 0 Å². The molecule has 2 heterocycles. The van der Waals surface area contributed by atoms with Crippen LogP contribution < -0.4 is 0 Å². The van der Waals surface area contributed by atoms with Gasteiger partial charge in [0.05, 0.1) is 6.10 Å². The number of aliphatic hydroxyl groups is 1. The minimum absolute atomic E-state index is 0.00678. The third kappa shape index (κ3) is 2.92. The Bertz CT molecular complexity index is 665. The highest BCUT2D eigenvalue weighted by Gasteiger charge is 2.27. The zero-order valence-corrected chi connectivity index (χ0v) is 12.7. The number of fused-ring (bicyclic) bond motifs is 1. The summed E-state index contributed by atoms with van der Waals surface area (Å²) in [6.07, 6.45) is 1.54. The van der Waals surface area contributed by atoms with Gasteiger partial charge in [-0.2, -0.15) is 0 Å². The molecule has 1 amide bonds. The summed E-state index contributed by atoms with van der Waals surface area (Å²) in [5.41, 5.74) is 1.49. The highest BCUT2D eigenvalue weighted by molar-refractivity contribution is 6.31. The lowest BCUT2D eigenvalue weighted by molar-refractivity contribution is 0.0462. The molecule has 0 bridgehead atoms. The van der Waals surface area contributed by atoms with Crippen LogP contribution in [0.1, 0.15) is 30.3 Å². The van der Waals surface area contributed by atoms with Crippen LogP contribution >= 0.6 is 11.6 Å². The van der Waals surface area contributed by atoms with Crippen molar-refractivity contribution >= 4 is 28.4 Å². The predicted octanol–water partition coefficient (Wildman–Crippen LogP) is 3.05. The van der Waals surface area contributed by atoms with Crippen LogP contribution in [0.15, 0.2) is 24.3 Å². The minimum atomic E-state index is -0.373. The van der Waals surface area contributed by atoms with Gasteiger partial charge in [-0.25, -0.2) is 0 Å². The van der Waals surface area contributed by atoms with Crippen molar-refractivity contribution in [1.29, 1.82) is 0 Å². The summed E-state index contributed by atoms with van der Waals surface area (Å²) in [7, 11) is 0. The van der Waals surface area contributed by atoms with Gasteiger partial charge in [-0.3, -0.25) is 4.79 Å². The van der Waals surface area contributed by atoms with Crippen molar-refractivity contribution in [2.45, 2.75) is 25.9 Å². The molecule has 0 spiro atoms. The Morgan fingerprint density at radius 1 is 1.48 bits per heavy atom. The van der Waals surface area contributed by atoms with Crippen molar-refractivity contribution in [1.82, 2.24) is 9.88 Å². The first-order valence-corrected chi connectivity index (χ1v) is 7.68. The lowest BCUT2D eigenvalue weighted by Crippen LogP contribution is -2.43. The number of hydrogen-bond donors (Lipinski definition) is 2.